The number of ether oxygens (including phenoxy) is 2. The van der Waals surface area contributed by atoms with Gasteiger partial charge in [-0.2, -0.15) is 5.26 Å². The predicted molar refractivity (Wildman–Crippen MR) is 68.0 cm³/mol. The van der Waals surface area contributed by atoms with Gasteiger partial charge in [-0.1, -0.05) is 12.1 Å². The molecule has 4 nitrogen and oxygen atoms in total. The summed E-state index contributed by atoms with van der Waals surface area (Å²) in [5, 5.41) is 12.1. The van der Waals surface area contributed by atoms with Gasteiger partial charge in [0.1, 0.15) is 0 Å². The van der Waals surface area contributed by atoms with Crippen LogP contribution in [0.2, 0.25) is 0 Å². The zero-order valence-electron chi connectivity index (χ0n) is 10.6. The molecule has 96 valence electrons. The average molecular weight is 246 g/mol. The fourth-order valence-corrected chi connectivity index (χ4v) is 2.01. The molecule has 1 fully saturated rings. The molecule has 1 aliphatic rings. The minimum atomic E-state index is 0.118. The topological polar surface area (TPSA) is 54.3 Å². The lowest BCUT2D eigenvalue weighted by molar-refractivity contribution is -0.0716. The monoisotopic (exact) mass is 246 g/mol. The van der Waals surface area contributed by atoms with Crippen LogP contribution in [-0.2, 0) is 16.1 Å². The summed E-state index contributed by atoms with van der Waals surface area (Å²) in [6, 6.07) is 9.60. The van der Waals surface area contributed by atoms with Gasteiger partial charge in [-0.05, 0) is 24.6 Å². The number of nitriles is 1. The number of nitrogens with one attached hydrogen (secondary N) is 1. The van der Waals surface area contributed by atoms with Crippen molar-refractivity contribution in [2.45, 2.75) is 25.7 Å². The Balaban J connectivity index is 1.76. The Morgan fingerprint density at radius 2 is 2.39 bits per heavy atom. The van der Waals surface area contributed by atoms with Crippen LogP contribution in [-0.4, -0.2) is 31.9 Å². The molecule has 1 saturated heterocycles. The summed E-state index contributed by atoms with van der Waals surface area (Å²) in [6.45, 7) is 4.89. The van der Waals surface area contributed by atoms with E-state index < -0.39 is 0 Å². The van der Waals surface area contributed by atoms with Crippen molar-refractivity contribution in [1.29, 1.82) is 5.26 Å². The van der Waals surface area contributed by atoms with Crippen molar-refractivity contribution in [3.05, 3.63) is 35.4 Å². The second kappa shape index (κ2) is 6.50. The molecule has 18 heavy (non-hydrogen) atoms. The van der Waals surface area contributed by atoms with Crippen LogP contribution in [0.4, 0.5) is 0 Å². The SMILES string of the molecule is CC1CNCC(COCc2cccc(C#N)c2)O1. The van der Waals surface area contributed by atoms with E-state index in [0.29, 0.717) is 18.8 Å². The Bertz CT molecular complexity index is 428. The smallest absolute Gasteiger partial charge is 0.0991 e. The summed E-state index contributed by atoms with van der Waals surface area (Å²) >= 11 is 0. The van der Waals surface area contributed by atoms with Gasteiger partial charge in [-0.25, -0.2) is 0 Å². The van der Waals surface area contributed by atoms with Crippen molar-refractivity contribution < 1.29 is 9.47 Å². The molecular weight excluding hydrogens is 228 g/mol. The molecule has 2 unspecified atom stereocenters. The van der Waals surface area contributed by atoms with Gasteiger partial charge in [0.15, 0.2) is 0 Å². The molecule has 0 bridgehead atoms. The largest absolute Gasteiger partial charge is 0.374 e. The van der Waals surface area contributed by atoms with Crippen LogP contribution >= 0.6 is 0 Å². The number of nitrogens with zero attached hydrogens (tertiary/aromatic N) is 1. The zero-order chi connectivity index (χ0) is 12.8. The van der Waals surface area contributed by atoms with Crippen LogP contribution in [0.5, 0.6) is 0 Å². The van der Waals surface area contributed by atoms with Gasteiger partial charge in [-0.3, -0.25) is 0 Å². The van der Waals surface area contributed by atoms with Crippen LogP contribution in [0.1, 0.15) is 18.1 Å². The van der Waals surface area contributed by atoms with Crippen molar-refractivity contribution in [1.82, 2.24) is 5.32 Å². The lowest BCUT2D eigenvalue weighted by Gasteiger charge is -2.28. The lowest BCUT2D eigenvalue weighted by atomic mass is 10.1. The summed E-state index contributed by atoms with van der Waals surface area (Å²) in [4.78, 5) is 0. The standard InChI is InChI=1S/C14H18N2O2/c1-11-7-16-8-14(18-11)10-17-9-13-4-2-3-12(5-13)6-15/h2-5,11,14,16H,7-10H2,1H3. The predicted octanol–water partition coefficient (Wildman–Crippen LogP) is 1.45. The van der Waals surface area contributed by atoms with Gasteiger partial charge in [-0.15, -0.1) is 0 Å². The van der Waals surface area contributed by atoms with Gasteiger partial charge in [0.05, 0.1) is 37.1 Å². The molecule has 2 rings (SSSR count). The van der Waals surface area contributed by atoms with E-state index in [4.69, 9.17) is 14.7 Å². The van der Waals surface area contributed by atoms with E-state index in [0.717, 1.165) is 18.7 Å². The fourth-order valence-electron chi connectivity index (χ4n) is 2.01. The number of hydrogen-bond acceptors (Lipinski definition) is 4. The second-order valence-corrected chi connectivity index (χ2v) is 4.55. The number of benzene rings is 1. The molecule has 1 aromatic carbocycles. The quantitative estimate of drug-likeness (QED) is 0.873. The summed E-state index contributed by atoms with van der Waals surface area (Å²) in [7, 11) is 0. The van der Waals surface area contributed by atoms with Gasteiger partial charge in [0.25, 0.3) is 0 Å². The molecule has 0 aromatic heterocycles. The van der Waals surface area contributed by atoms with E-state index in [1.165, 1.54) is 0 Å². The maximum atomic E-state index is 8.80. The Labute approximate surface area is 108 Å². The van der Waals surface area contributed by atoms with E-state index in [-0.39, 0.29) is 12.2 Å². The van der Waals surface area contributed by atoms with E-state index in [9.17, 15) is 0 Å². The molecule has 1 aliphatic heterocycles. The normalized spacial score (nSPS) is 23.6. The molecule has 0 saturated carbocycles. The van der Waals surface area contributed by atoms with Crippen molar-refractivity contribution >= 4 is 0 Å². The second-order valence-electron chi connectivity index (χ2n) is 4.55. The first-order chi connectivity index (χ1) is 8.78. The van der Waals surface area contributed by atoms with Gasteiger partial charge >= 0.3 is 0 Å². The third-order valence-electron chi connectivity index (χ3n) is 2.86. The Morgan fingerprint density at radius 3 is 3.17 bits per heavy atom. The molecule has 1 heterocycles. The van der Waals surface area contributed by atoms with E-state index in [1.54, 1.807) is 6.07 Å². The molecule has 0 aliphatic carbocycles. The van der Waals surface area contributed by atoms with Crippen LogP contribution < -0.4 is 5.32 Å². The minimum Gasteiger partial charge on any atom is -0.374 e. The summed E-state index contributed by atoms with van der Waals surface area (Å²) in [5.41, 5.74) is 1.69. The number of morpholine rings is 1. The van der Waals surface area contributed by atoms with Crippen LogP contribution in [0, 0.1) is 11.3 Å². The first-order valence-electron chi connectivity index (χ1n) is 6.21. The van der Waals surface area contributed by atoms with Crippen LogP contribution in [0.3, 0.4) is 0 Å². The molecule has 0 amide bonds. The average Bonchev–Trinajstić information content (AvgIpc) is 2.39. The molecule has 1 aromatic rings. The minimum absolute atomic E-state index is 0.118. The molecule has 4 heteroatoms. The number of rotatable bonds is 4. The van der Waals surface area contributed by atoms with Crippen LogP contribution in [0.15, 0.2) is 24.3 Å². The van der Waals surface area contributed by atoms with E-state index in [1.807, 2.05) is 18.2 Å². The summed E-state index contributed by atoms with van der Waals surface area (Å²) in [5.74, 6) is 0. The molecule has 0 spiro atoms. The zero-order valence-corrected chi connectivity index (χ0v) is 10.6. The van der Waals surface area contributed by atoms with Crippen molar-refractivity contribution in [3.8, 4) is 6.07 Å². The molecular formula is C14H18N2O2. The summed E-state index contributed by atoms with van der Waals surface area (Å²) < 4.78 is 11.4. The highest BCUT2D eigenvalue weighted by molar-refractivity contribution is 5.32. The highest BCUT2D eigenvalue weighted by Gasteiger charge is 2.18. The third-order valence-corrected chi connectivity index (χ3v) is 2.86. The first-order valence-corrected chi connectivity index (χ1v) is 6.21. The van der Waals surface area contributed by atoms with Crippen molar-refractivity contribution in [2.24, 2.45) is 0 Å². The highest BCUT2D eigenvalue weighted by Crippen LogP contribution is 2.08. The number of hydrogen-bond donors (Lipinski definition) is 1. The Kier molecular flexibility index (Phi) is 4.71. The van der Waals surface area contributed by atoms with E-state index in [2.05, 4.69) is 18.3 Å². The highest BCUT2D eigenvalue weighted by atomic mass is 16.5. The van der Waals surface area contributed by atoms with Crippen molar-refractivity contribution in [3.63, 3.8) is 0 Å². The van der Waals surface area contributed by atoms with Gasteiger partial charge in [0.2, 0.25) is 0 Å². The maximum Gasteiger partial charge on any atom is 0.0991 e. The summed E-state index contributed by atoms with van der Waals surface area (Å²) in [6.07, 6.45) is 0.363. The molecule has 0 radical (unpaired) electrons. The maximum absolute atomic E-state index is 8.80. The van der Waals surface area contributed by atoms with E-state index >= 15 is 0 Å². The van der Waals surface area contributed by atoms with Crippen LogP contribution in [0.25, 0.3) is 0 Å². The third kappa shape index (κ3) is 3.81. The lowest BCUT2D eigenvalue weighted by Crippen LogP contribution is -2.45. The van der Waals surface area contributed by atoms with Gasteiger partial charge < -0.3 is 14.8 Å². The van der Waals surface area contributed by atoms with Crippen molar-refractivity contribution in [2.75, 3.05) is 19.7 Å². The Morgan fingerprint density at radius 1 is 1.50 bits per heavy atom. The van der Waals surface area contributed by atoms with Gasteiger partial charge in [0, 0.05) is 13.1 Å². The fraction of sp³-hybridized carbons (Fsp3) is 0.500. The molecule has 2 atom stereocenters. The first kappa shape index (κ1) is 13.0. The Hall–Kier alpha value is -1.41. The molecule has 1 N–H and O–H groups in total.